The number of aliphatic hydroxyl groups excluding tert-OH is 3. The molecular weight excluding hydrogens is 602 g/mol. The number of alkyl carbamates (subject to hydrolysis) is 1. The van der Waals surface area contributed by atoms with E-state index in [0.29, 0.717) is 30.6 Å². The van der Waals surface area contributed by atoms with Gasteiger partial charge in [0.05, 0.1) is 31.5 Å². The Balaban J connectivity index is 1.25. The first-order valence-corrected chi connectivity index (χ1v) is 17.4. The third-order valence-electron chi connectivity index (χ3n) is 12.4. The van der Waals surface area contributed by atoms with Gasteiger partial charge in [0.2, 0.25) is 5.91 Å². The minimum absolute atomic E-state index is 0.0125. The number of terminal acetylenes is 1. The van der Waals surface area contributed by atoms with Gasteiger partial charge < -0.3 is 35.4 Å². The summed E-state index contributed by atoms with van der Waals surface area (Å²) in [6.45, 7) is 7.38. The minimum atomic E-state index is -0.798. The molecule has 4 saturated carbocycles. The Morgan fingerprint density at radius 2 is 1.89 bits per heavy atom. The maximum atomic E-state index is 12.6. The Labute approximate surface area is 279 Å². The van der Waals surface area contributed by atoms with Crippen molar-refractivity contribution >= 4 is 12.0 Å². The molecule has 262 valence electrons. The summed E-state index contributed by atoms with van der Waals surface area (Å²) in [6, 6.07) is 0. The van der Waals surface area contributed by atoms with Crippen LogP contribution >= 0.6 is 0 Å². The minimum Gasteiger partial charge on any atom is -0.447 e. The molecular formula is C35H55N5O7. The van der Waals surface area contributed by atoms with E-state index in [4.69, 9.17) is 21.4 Å². The molecule has 12 atom stereocenters. The Morgan fingerprint density at radius 3 is 2.64 bits per heavy atom. The zero-order valence-electron chi connectivity index (χ0n) is 28.2. The number of amides is 2. The molecule has 0 saturated heterocycles. The topological polar surface area (TPSA) is 186 Å². The van der Waals surface area contributed by atoms with Crippen LogP contribution in [0, 0.1) is 58.7 Å². The molecule has 47 heavy (non-hydrogen) atoms. The molecule has 0 aromatic carbocycles. The number of allylic oxidation sites excluding steroid dienone is 1. The molecule has 4 aliphatic carbocycles. The van der Waals surface area contributed by atoms with Crippen LogP contribution in [-0.2, 0) is 14.3 Å². The number of ether oxygens (including phenoxy) is 2. The van der Waals surface area contributed by atoms with Gasteiger partial charge in [-0.2, -0.15) is 0 Å². The number of nitrogens with one attached hydrogen (secondary N) is 2. The zero-order valence-corrected chi connectivity index (χ0v) is 28.2. The largest absolute Gasteiger partial charge is 0.447 e. The van der Waals surface area contributed by atoms with E-state index >= 15 is 0 Å². The Kier molecular flexibility index (Phi) is 13.0. The molecule has 0 heterocycles. The normalized spacial score (nSPS) is 37.3. The maximum Gasteiger partial charge on any atom is 0.408 e. The number of carbonyl (C=O) groups is 2. The van der Waals surface area contributed by atoms with E-state index in [0.717, 1.165) is 44.9 Å². The van der Waals surface area contributed by atoms with Crippen molar-refractivity contribution < 1.29 is 34.4 Å². The van der Waals surface area contributed by atoms with Crippen LogP contribution < -0.4 is 10.6 Å². The molecule has 0 spiro atoms. The predicted octanol–water partition coefficient (Wildman–Crippen LogP) is 4.44. The third kappa shape index (κ3) is 8.44. The van der Waals surface area contributed by atoms with Crippen LogP contribution in [0.15, 0.2) is 17.3 Å². The molecule has 12 nitrogen and oxygen atoms in total. The first kappa shape index (κ1) is 37.0. The van der Waals surface area contributed by atoms with Crippen LogP contribution in [-0.4, -0.2) is 78.2 Å². The fraction of sp³-hybridized carbons (Fsp3) is 0.829. The number of azide groups is 1. The number of nitrogens with zero attached hydrogens (tertiary/aromatic N) is 3. The van der Waals surface area contributed by atoms with Crippen molar-refractivity contribution in [1.82, 2.24) is 10.6 Å². The molecule has 0 bridgehead atoms. The van der Waals surface area contributed by atoms with E-state index in [1.165, 1.54) is 6.08 Å². The van der Waals surface area contributed by atoms with Crippen molar-refractivity contribution in [3.63, 3.8) is 0 Å². The van der Waals surface area contributed by atoms with Gasteiger partial charge in [0, 0.05) is 17.9 Å². The van der Waals surface area contributed by atoms with Crippen LogP contribution in [0.4, 0.5) is 4.79 Å². The van der Waals surface area contributed by atoms with E-state index in [9.17, 15) is 24.9 Å². The number of aliphatic hydroxyl groups is 3. The first-order valence-electron chi connectivity index (χ1n) is 17.4. The van der Waals surface area contributed by atoms with Crippen molar-refractivity contribution in [3.05, 3.63) is 22.6 Å². The number of rotatable bonds is 14. The lowest BCUT2D eigenvalue weighted by Gasteiger charge is -2.63. The van der Waals surface area contributed by atoms with Crippen molar-refractivity contribution in [3.8, 4) is 12.3 Å². The average Bonchev–Trinajstić information content (AvgIpc) is 3.38. The SMILES string of the molecule is C#CCC(NC(=O)/C=C/CCC(C)C1CCC2C3C(O)CC4CC(O)CCC4(C)C3CC(O)C12C)NC(=O)OCCOCCN=[N+]=[N-]. The summed E-state index contributed by atoms with van der Waals surface area (Å²) >= 11 is 0. The van der Waals surface area contributed by atoms with Crippen LogP contribution in [0.2, 0.25) is 0 Å². The van der Waals surface area contributed by atoms with Gasteiger partial charge in [-0.05, 0) is 116 Å². The standard InChI is InChI=1S/C35H55N5O7/c1-5-8-30(39-33(45)47-18-17-46-16-15-37-40-36)38-31(44)10-7-6-9-22(2)25-11-12-26-32-27(21-29(43)35(25,26)4)34(3)14-13-24(41)19-23(34)20-28(32)42/h1,7,10,22-30,32,41-43H,6,8-9,11-21H2,2-4H3,(H,38,44)(H,39,45)/b10-7+. The lowest BCUT2D eigenvalue weighted by atomic mass is 9.43. The summed E-state index contributed by atoms with van der Waals surface area (Å²) in [7, 11) is 0. The van der Waals surface area contributed by atoms with E-state index in [1.807, 2.05) is 6.08 Å². The second-order valence-corrected chi connectivity index (χ2v) is 14.8. The van der Waals surface area contributed by atoms with E-state index < -0.39 is 18.4 Å². The highest BCUT2D eigenvalue weighted by molar-refractivity contribution is 5.88. The highest BCUT2D eigenvalue weighted by atomic mass is 16.6. The summed E-state index contributed by atoms with van der Waals surface area (Å²) in [5.41, 5.74) is 8.03. The first-order chi connectivity index (χ1) is 22.4. The summed E-state index contributed by atoms with van der Waals surface area (Å²) in [4.78, 5) is 27.3. The molecule has 0 aromatic heterocycles. The zero-order chi connectivity index (χ0) is 34.2. The second-order valence-electron chi connectivity index (χ2n) is 14.8. The van der Waals surface area contributed by atoms with Crippen LogP contribution in [0.1, 0.15) is 85.0 Å². The molecule has 4 rings (SSSR count). The number of fused-ring (bicyclic) bond motifs is 5. The van der Waals surface area contributed by atoms with Gasteiger partial charge in [-0.3, -0.25) is 4.79 Å². The molecule has 12 heteroatoms. The van der Waals surface area contributed by atoms with Gasteiger partial charge in [0.25, 0.3) is 0 Å². The lowest BCUT2D eigenvalue weighted by molar-refractivity contribution is -0.207. The van der Waals surface area contributed by atoms with Gasteiger partial charge in [-0.15, -0.1) is 12.3 Å². The van der Waals surface area contributed by atoms with Crippen LogP contribution in [0.5, 0.6) is 0 Å². The Morgan fingerprint density at radius 1 is 1.11 bits per heavy atom. The van der Waals surface area contributed by atoms with Crippen molar-refractivity contribution in [2.75, 3.05) is 26.4 Å². The second kappa shape index (κ2) is 16.5. The van der Waals surface area contributed by atoms with Crippen molar-refractivity contribution in [1.29, 1.82) is 0 Å². The summed E-state index contributed by atoms with van der Waals surface area (Å²) in [5.74, 6) is 3.74. The monoisotopic (exact) mass is 657 g/mol. The molecule has 0 aromatic rings. The van der Waals surface area contributed by atoms with E-state index in [-0.39, 0.29) is 79.5 Å². The highest BCUT2D eigenvalue weighted by Crippen LogP contribution is 2.68. The highest BCUT2D eigenvalue weighted by Gasteiger charge is 2.65. The van der Waals surface area contributed by atoms with Crippen LogP contribution in [0.3, 0.4) is 0 Å². The molecule has 12 unspecified atom stereocenters. The number of carbonyl (C=O) groups excluding carboxylic acids is 2. The smallest absolute Gasteiger partial charge is 0.408 e. The number of hydrogen-bond donors (Lipinski definition) is 5. The van der Waals surface area contributed by atoms with Gasteiger partial charge in [0.1, 0.15) is 12.8 Å². The van der Waals surface area contributed by atoms with Crippen molar-refractivity contribution in [2.45, 2.75) is 109 Å². The molecule has 4 fully saturated rings. The summed E-state index contributed by atoms with van der Waals surface area (Å²) in [5, 5.41) is 42.2. The molecule has 2 amide bonds. The summed E-state index contributed by atoms with van der Waals surface area (Å²) < 4.78 is 10.2. The van der Waals surface area contributed by atoms with Gasteiger partial charge in [-0.25, -0.2) is 4.79 Å². The molecule has 4 aliphatic rings. The van der Waals surface area contributed by atoms with Gasteiger partial charge >= 0.3 is 6.09 Å². The third-order valence-corrected chi connectivity index (χ3v) is 12.4. The maximum absolute atomic E-state index is 12.6. The fourth-order valence-electron chi connectivity index (χ4n) is 9.99. The molecule has 5 N–H and O–H groups in total. The van der Waals surface area contributed by atoms with E-state index in [1.54, 1.807) is 0 Å². The van der Waals surface area contributed by atoms with E-state index in [2.05, 4.69) is 47.4 Å². The van der Waals surface area contributed by atoms with Crippen LogP contribution in [0.25, 0.3) is 10.4 Å². The molecule has 0 radical (unpaired) electrons. The fourth-order valence-corrected chi connectivity index (χ4v) is 9.99. The van der Waals surface area contributed by atoms with Crippen molar-refractivity contribution in [2.24, 2.45) is 51.5 Å². The van der Waals surface area contributed by atoms with Gasteiger partial charge in [0.15, 0.2) is 0 Å². The predicted molar refractivity (Wildman–Crippen MR) is 176 cm³/mol. The summed E-state index contributed by atoms with van der Waals surface area (Å²) in [6.07, 6.45) is 13.7. The quantitative estimate of drug-likeness (QED) is 0.0347. The van der Waals surface area contributed by atoms with Gasteiger partial charge in [-0.1, -0.05) is 32.0 Å². The average molecular weight is 658 g/mol. The Bertz CT molecular complexity index is 1200. The number of hydrogen-bond acceptors (Lipinski definition) is 8. The molecule has 0 aliphatic heterocycles. The Hall–Kier alpha value is -2.81. The lowest BCUT2D eigenvalue weighted by Crippen LogP contribution is -2.62.